The molecular weight excluding hydrogens is 324 g/mol. The molecule has 0 aromatic rings. The van der Waals surface area contributed by atoms with Crippen molar-refractivity contribution in [1.29, 1.82) is 0 Å². The van der Waals surface area contributed by atoms with Crippen LogP contribution in [0.4, 0.5) is 0 Å². The Labute approximate surface area is 154 Å². The van der Waals surface area contributed by atoms with Gasteiger partial charge in [0.2, 0.25) is 0 Å². The van der Waals surface area contributed by atoms with Gasteiger partial charge in [0.05, 0.1) is 66.1 Å². The van der Waals surface area contributed by atoms with Gasteiger partial charge in [0.1, 0.15) is 0 Å². The maximum atomic E-state index is 5.52. The van der Waals surface area contributed by atoms with Crippen molar-refractivity contribution in [3.05, 3.63) is 0 Å². The van der Waals surface area contributed by atoms with Crippen molar-refractivity contribution in [2.24, 2.45) is 0 Å². The molecule has 0 aromatic carbocycles. The van der Waals surface area contributed by atoms with Crippen molar-refractivity contribution in [2.75, 3.05) is 79.3 Å². The highest BCUT2D eigenvalue weighted by Gasteiger charge is 1.94. The third kappa shape index (κ3) is 23.8. The lowest BCUT2D eigenvalue weighted by Gasteiger charge is -2.08. The smallest absolute Gasteiger partial charge is 0.0701 e. The van der Waals surface area contributed by atoms with Gasteiger partial charge in [-0.1, -0.05) is 32.6 Å². The third-order valence-electron chi connectivity index (χ3n) is 3.46. The standard InChI is InChI=1S/C19H40O6/c1-3-5-6-7-8-9-21-12-13-23-16-17-25-19-18-24-15-14-22-11-10-20-4-2/h3-19H2,1-2H3. The fraction of sp³-hybridized carbons (Fsp3) is 1.00. The van der Waals surface area contributed by atoms with Crippen LogP contribution in [0.3, 0.4) is 0 Å². The minimum atomic E-state index is 0.579. The van der Waals surface area contributed by atoms with E-state index in [0.29, 0.717) is 66.1 Å². The molecular formula is C19H40O6. The highest BCUT2D eigenvalue weighted by atomic mass is 16.6. The van der Waals surface area contributed by atoms with E-state index in [1.165, 1.54) is 25.7 Å². The summed E-state index contributed by atoms with van der Waals surface area (Å²) in [5.41, 5.74) is 0. The molecule has 0 rings (SSSR count). The molecule has 0 heterocycles. The summed E-state index contributed by atoms with van der Waals surface area (Å²) in [5, 5.41) is 0. The molecule has 0 amide bonds. The van der Waals surface area contributed by atoms with Gasteiger partial charge in [0.15, 0.2) is 0 Å². The van der Waals surface area contributed by atoms with E-state index in [9.17, 15) is 0 Å². The molecule has 6 heteroatoms. The topological polar surface area (TPSA) is 55.4 Å². The van der Waals surface area contributed by atoms with E-state index in [1.807, 2.05) is 6.92 Å². The molecule has 0 spiro atoms. The molecule has 0 fully saturated rings. The minimum Gasteiger partial charge on any atom is -0.379 e. The highest BCUT2D eigenvalue weighted by Crippen LogP contribution is 2.02. The molecule has 6 nitrogen and oxygen atoms in total. The lowest BCUT2D eigenvalue weighted by atomic mass is 10.2. The van der Waals surface area contributed by atoms with Crippen LogP contribution in [0.25, 0.3) is 0 Å². The average molecular weight is 365 g/mol. The van der Waals surface area contributed by atoms with Crippen molar-refractivity contribution in [3.8, 4) is 0 Å². The Bertz CT molecular complexity index is 206. The maximum absolute atomic E-state index is 5.52. The number of ether oxygens (including phenoxy) is 6. The van der Waals surface area contributed by atoms with Gasteiger partial charge in [-0.3, -0.25) is 0 Å². The van der Waals surface area contributed by atoms with E-state index in [1.54, 1.807) is 0 Å². The normalized spacial score (nSPS) is 11.3. The lowest BCUT2D eigenvalue weighted by Crippen LogP contribution is -2.14. The van der Waals surface area contributed by atoms with Gasteiger partial charge in [-0.25, -0.2) is 0 Å². The van der Waals surface area contributed by atoms with Gasteiger partial charge in [-0.2, -0.15) is 0 Å². The Morgan fingerprint density at radius 3 is 1.12 bits per heavy atom. The van der Waals surface area contributed by atoms with Gasteiger partial charge >= 0.3 is 0 Å². The largest absolute Gasteiger partial charge is 0.379 e. The van der Waals surface area contributed by atoms with E-state index in [-0.39, 0.29) is 0 Å². The van der Waals surface area contributed by atoms with Gasteiger partial charge in [0, 0.05) is 13.2 Å². The summed E-state index contributed by atoms with van der Waals surface area (Å²) in [4.78, 5) is 0. The molecule has 0 atom stereocenters. The van der Waals surface area contributed by atoms with Crippen LogP contribution in [-0.2, 0) is 28.4 Å². The molecule has 0 unspecified atom stereocenters. The number of rotatable bonds is 22. The molecule has 0 N–H and O–H groups in total. The summed E-state index contributed by atoms with van der Waals surface area (Å²) < 4.78 is 32.3. The maximum Gasteiger partial charge on any atom is 0.0701 e. The molecule has 0 radical (unpaired) electrons. The molecule has 0 saturated carbocycles. The molecule has 0 saturated heterocycles. The quantitative estimate of drug-likeness (QED) is 0.275. The summed E-state index contributed by atoms with van der Waals surface area (Å²) >= 11 is 0. The van der Waals surface area contributed by atoms with E-state index in [4.69, 9.17) is 28.4 Å². The van der Waals surface area contributed by atoms with Crippen LogP contribution in [0.5, 0.6) is 0 Å². The second kappa shape index (κ2) is 23.8. The zero-order valence-electron chi connectivity index (χ0n) is 16.5. The van der Waals surface area contributed by atoms with Crippen molar-refractivity contribution in [2.45, 2.75) is 46.0 Å². The van der Waals surface area contributed by atoms with Crippen LogP contribution >= 0.6 is 0 Å². The minimum absolute atomic E-state index is 0.579. The fourth-order valence-electron chi connectivity index (χ4n) is 2.05. The summed E-state index contributed by atoms with van der Waals surface area (Å²) in [6.45, 7) is 11.9. The summed E-state index contributed by atoms with van der Waals surface area (Å²) in [7, 11) is 0. The zero-order chi connectivity index (χ0) is 18.3. The van der Waals surface area contributed by atoms with Crippen molar-refractivity contribution >= 4 is 0 Å². The average Bonchev–Trinajstić information content (AvgIpc) is 2.63. The summed E-state index contributed by atoms with van der Waals surface area (Å²) in [6.07, 6.45) is 6.35. The van der Waals surface area contributed by atoms with Gasteiger partial charge in [-0.05, 0) is 13.3 Å². The Kier molecular flexibility index (Phi) is 23.5. The Hall–Kier alpha value is -0.240. The second-order valence-corrected chi connectivity index (χ2v) is 5.67. The van der Waals surface area contributed by atoms with E-state index < -0.39 is 0 Å². The fourth-order valence-corrected chi connectivity index (χ4v) is 2.05. The Morgan fingerprint density at radius 2 is 0.720 bits per heavy atom. The second-order valence-electron chi connectivity index (χ2n) is 5.67. The Morgan fingerprint density at radius 1 is 0.360 bits per heavy atom. The van der Waals surface area contributed by atoms with Gasteiger partial charge in [-0.15, -0.1) is 0 Å². The first-order chi connectivity index (χ1) is 12.4. The first-order valence-corrected chi connectivity index (χ1v) is 9.88. The third-order valence-corrected chi connectivity index (χ3v) is 3.46. The van der Waals surface area contributed by atoms with Crippen molar-refractivity contribution in [1.82, 2.24) is 0 Å². The van der Waals surface area contributed by atoms with Crippen LogP contribution in [-0.4, -0.2) is 79.3 Å². The first-order valence-electron chi connectivity index (χ1n) is 9.88. The Balaban J connectivity index is 2.94. The van der Waals surface area contributed by atoms with Crippen molar-refractivity contribution in [3.63, 3.8) is 0 Å². The molecule has 0 aliphatic rings. The van der Waals surface area contributed by atoms with Crippen LogP contribution in [0, 0.1) is 0 Å². The van der Waals surface area contributed by atoms with Gasteiger partial charge in [0.25, 0.3) is 0 Å². The van der Waals surface area contributed by atoms with Crippen molar-refractivity contribution < 1.29 is 28.4 Å². The molecule has 25 heavy (non-hydrogen) atoms. The first kappa shape index (κ1) is 24.8. The summed E-state index contributed by atoms with van der Waals surface area (Å²) in [6, 6.07) is 0. The predicted octanol–water partition coefficient (Wildman–Crippen LogP) is 3.08. The van der Waals surface area contributed by atoms with Crippen LogP contribution in [0.15, 0.2) is 0 Å². The van der Waals surface area contributed by atoms with E-state index in [2.05, 4.69) is 6.92 Å². The molecule has 0 bridgehead atoms. The number of unbranched alkanes of at least 4 members (excludes halogenated alkanes) is 4. The van der Waals surface area contributed by atoms with Crippen LogP contribution in [0.2, 0.25) is 0 Å². The predicted molar refractivity (Wildman–Crippen MR) is 99.3 cm³/mol. The lowest BCUT2D eigenvalue weighted by molar-refractivity contribution is -0.0163. The van der Waals surface area contributed by atoms with Crippen LogP contribution in [0.1, 0.15) is 46.0 Å². The molecule has 0 aromatic heterocycles. The number of hydrogen-bond donors (Lipinski definition) is 0. The molecule has 0 aliphatic heterocycles. The summed E-state index contributed by atoms with van der Waals surface area (Å²) in [5.74, 6) is 0. The van der Waals surface area contributed by atoms with Gasteiger partial charge < -0.3 is 28.4 Å². The molecule has 152 valence electrons. The SMILES string of the molecule is CCCCCCCOCCOCCOCCOCCOCCOCC. The molecule has 0 aliphatic carbocycles. The van der Waals surface area contributed by atoms with E-state index >= 15 is 0 Å². The highest BCUT2D eigenvalue weighted by molar-refractivity contribution is 4.42. The van der Waals surface area contributed by atoms with Crippen LogP contribution < -0.4 is 0 Å². The van der Waals surface area contributed by atoms with E-state index in [0.717, 1.165) is 19.6 Å². The zero-order valence-corrected chi connectivity index (χ0v) is 16.5. The number of hydrogen-bond acceptors (Lipinski definition) is 6. The monoisotopic (exact) mass is 364 g/mol.